The van der Waals surface area contributed by atoms with E-state index in [1.165, 1.54) is 0 Å². The van der Waals surface area contributed by atoms with Crippen LogP contribution in [0.3, 0.4) is 0 Å². The van der Waals surface area contributed by atoms with Gasteiger partial charge in [-0.1, -0.05) is 19.1 Å². The SMILES string of the molecule is CCCc1nc(-c2ccccc2NC)n[nH]1. The van der Waals surface area contributed by atoms with Crippen molar-refractivity contribution < 1.29 is 0 Å². The second-order valence-electron chi connectivity index (χ2n) is 3.65. The second kappa shape index (κ2) is 4.79. The van der Waals surface area contributed by atoms with E-state index in [1.807, 2.05) is 31.3 Å². The Morgan fingerprint density at radius 3 is 2.88 bits per heavy atom. The van der Waals surface area contributed by atoms with Crippen molar-refractivity contribution in [3.63, 3.8) is 0 Å². The average Bonchev–Trinajstić information content (AvgIpc) is 2.78. The lowest BCUT2D eigenvalue weighted by Crippen LogP contribution is -1.92. The molecule has 0 saturated carbocycles. The number of hydrogen-bond acceptors (Lipinski definition) is 3. The summed E-state index contributed by atoms with van der Waals surface area (Å²) >= 11 is 0. The Morgan fingerprint density at radius 1 is 1.31 bits per heavy atom. The van der Waals surface area contributed by atoms with Crippen LogP contribution in [0.5, 0.6) is 0 Å². The van der Waals surface area contributed by atoms with Crippen molar-refractivity contribution in [2.24, 2.45) is 0 Å². The van der Waals surface area contributed by atoms with E-state index in [1.54, 1.807) is 0 Å². The molecule has 4 heteroatoms. The molecule has 84 valence electrons. The number of rotatable bonds is 4. The van der Waals surface area contributed by atoms with E-state index in [2.05, 4.69) is 27.4 Å². The standard InChI is InChI=1S/C12H16N4/c1-3-6-11-14-12(16-15-11)9-7-4-5-8-10(9)13-2/h4-5,7-8,13H,3,6H2,1-2H3,(H,14,15,16). The molecule has 0 aliphatic carbocycles. The van der Waals surface area contributed by atoms with Crippen LogP contribution in [0.15, 0.2) is 24.3 Å². The molecule has 1 heterocycles. The van der Waals surface area contributed by atoms with Gasteiger partial charge in [-0.05, 0) is 18.6 Å². The van der Waals surface area contributed by atoms with E-state index in [0.717, 1.165) is 35.7 Å². The molecule has 0 unspecified atom stereocenters. The number of H-pyrrole nitrogens is 1. The molecule has 0 saturated heterocycles. The molecular formula is C12H16N4. The number of para-hydroxylation sites is 1. The summed E-state index contributed by atoms with van der Waals surface area (Å²) < 4.78 is 0. The topological polar surface area (TPSA) is 53.6 Å². The van der Waals surface area contributed by atoms with Gasteiger partial charge in [0.1, 0.15) is 5.82 Å². The highest BCUT2D eigenvalue weighted by Gasteiger charge is 2.08. The zero-order valence-electron chi connectivity index (χ0n) is 9.62. The summed E-state index contributed by atoms with van der Waals surface area (Å²) in [6.45, 7) is 2.13. The van der Waals surface area contributed by atoms with Gasteiger partial charge in [0.15, 0.2) is 5.82 Å². The maximum absolute atomic E-state index is 4.47. The highest BCUT2D eigenvalue weighted by Crippen LogP contribution is 2.24. The van der Waals surface area contributed by atoms with E-state index < -0.39 is 0 Å². The van der Waals surface area contributed by atoms with Crippen molar-refractivity contribution in [2.45, 2.75) is 19.8 Å². The first-order chi connectivity index (χ1) is 7.85. The van der Waals surface area contributed by atoms with E-state index >= 15 is 0 Å². The zero-order chi connectivity index (χ0) is 11.4. The van der Waals surface area contributed by atoms with Crippen LogP contribution >= 0.6 is 0 Å². The molecule has 0 amide bonds. The maximum Gasteiger partial charge on any atom is 0.183 e. The quantitative estimate of drug-likeness (QED) is 0.825. The first kappa shape index (κ1) is 10.7. The summed E-state index contributed by atoms with van der Waals surface area (Å²) in [5.41, 5.74) is 2.08. The molecule has 16 heavy (non-hydrogen) atoms. The fourth-order valence-electron chi connectivity index (χ4n) is 1.66. The van der Waals surface area contributed by atoms with Gasteiger partial charge in [0.05, 0.1) is 0 Å². The van der Waals surface area contributed by atoms with Gasteiger partial charge in [-0.15, -0.1) is 0 Å². The van der Waals surface area contributed by atoms with Crippen molar-refractivity contribution in [3.8, 4) is 11.4 Å². The molecule has 1 aromatic heterocycles. The van der Waals surface area contributed by atoms with Crippen LogP contribution in [-0.4, -0.2) is 22.2 Å². The molecule has 0 fully saturated rings. The minimum atomic E-state index is 0.758. The summed E-state index contributed by atoms with van der Waals surface area (Å²) in [5.74, 6) is 1.71. The predicted octanol–water partition coefficient (Wildman–Crippen LogP) is 2.47. The molecule has 0 spiro atoms. The number of benzene rings is 1. The lowest BCUT2D eigenvalue weighted by Gasteiger charge is -2.04. The second-order valence-corrected chi connectivity index (χ2v) is 3.65. The van der Waals surface area contributed by atoms with E-state index in [4.69, 9.17) is 0 Å². The van der Waals surface area contributed by atoms with Gasteiger partial charge >= 0.3 is 0 Å². The highest BCUT2D eigenvalue weighted by molar-refractivity contribution is 5.72. The number of hydrogen-bond donors (Lipinski definition) is 2. The number of aromatic nitrogens is 3. The molecule has 0 atom stereocenters. The van der Waals surface area contributed by atoms with Crippen LogP contribution in [0.1, 0.15) is 19.2 Å². The highest BCUT2D eigenvalue weighted by atomic mass is 15.2. The van der Waals surface area contributed by atoms with Crippen molar-refractivity contribution in [1.82, 2.24) is 15.2 Å². The molecule has 0 aliphatic heterocycles. The molecule has 2 aromatic rings. The molecule has 0 aliphatic rings. The third-order valence-electron chi connectivity index (χ3n) is 2.46. The van der Waals surface area contributed by atoms with Gasteiger partial charge in [-0.3, -0.25) is 5.10 Å². The van der Waals surface area contributed by atoms with Gasteiger partial charge in [0.25, 0.3) is 0 Å². The smallest absolute Gasteiger partial charge is 0.183 e. The monoisotopic (exact) mass is 216 g/mol. The first-order valence-corrected chi connectivity index (χ1v) is 5.53. The lowest BCUT2D eigenvalue weighted by molar-refractivity contribution is 0.841. The Balaban J connectivity index is 2.34. The summed E-state index contributed by atoms with van der Waals surface area (Å²) in [5, 5.41) is 10.3. The minimum absolute atomic E-state index is 0.758. The Hall–Kier alpha value is -1.84. The third kappa shape index (κ3) is 2.05. The molecule has 0 bridgehead atoms. The van der Waals surface area contributed by atoms with E-state index in [-0.39, 0.29) is 0 Å². The maximum atomic E-state index is 4.47. The van der Waals surface area contributed by atoms with Crippen LogP contribution < -0.4 is 5.32 Å². The fraction of sp³-hybridized carbons (Fsp3) is 0.333. The molecule has 0 radical (unpaired) electrons. The Bertz CT molecular complexity index is 462. The van der Waals surface area contributed by atoms with E-state index in [9.17, 15) is 0 Å². The van der Waals surface area contributed by atoms with Crippen LogP contribution in [0.4, 0.5) is 5.69 Å². The molecule has 1 aromatic carbocycles. The van der Waals surface area contributed by atoms with Crippen molar-refractivity contribution in [2.75, 3.05) is 12.4 Å². The zero-order valence-corrected chi connectivity index (χ0v) is 9.62. The van der Waals surface area contributed by atoms with Gasteiger partial charge in [0, 0.05) is 24.7 Å². The van der Waals surface area contributed by atoms with Gasteiger partial charge in [-0.25, -0.2) is 4.98 Å². The van der Waals surface area contributed by atoms with Crippen LogP contribution in [-0.2, 0) is 6.42 Å². The summed E-state index contributed by atoms with van der Waals surface area (Å²) in [6.07, 6.45) is 2.01. The predicted molar refractivity (Wildman–Crippen MR) is 65.4 cm³/mol. The van der Waals surface area contributed by atoms with E-state index in [0.29, 0.717) is 0 Å². The first-order valence-electron chi connectivity index (χ1n) is 5.53. The lowest BCUT2D eigenvalue weighted by atomic mass is 10.1. The van der Waals surface area contributed by atoms with Crippen LogP contribution in [0.25, 0.3) is 11.4 Å². The number of nitrogens with zero attached hydrogens (tertiary/aromatic N) is 2. The van der Waals surface area contributed by atoms with Gasteiger partial charge in [-0.2, -0.15) is 5.10 Å². The molecular weight excluding hydrogens is 200 g/mol. The number of anilines is 1. The number of nitrogens with one attached hydrogen (secondary N) is 2. The largest absolute Gasteiger partial charge is 0.388 e. The molecule has 2 N–H and O–H groups in total. The minimum Gasteiger partial charge on any atom is -0.388 e. The van der Waals surface area contributed by atoms with Crippen molar-refractivity contribution in [3.05, 3.63) is 30.1 Å². The Kier molecular flexibility index (Phi) is 3.19. The van der Waals surface area contributed by atoms with Gasteiger partial charge in [0.2, 0.25) is 0 Å². The average molecular weight is 216 g/mol. The van der Waals surface area contributed by atoms with Crippen molar-refractivity contribution >= 4 is 5.69 Å². The summed E-state index contributed by atoms with van der Waals surface area (Å²) in [6, 6.07) is 8.02. The normalized spacial score (nSPS) is 10.4. The molecule has 4 nitrogen and oxygen atoms in total. The summed E-state index contributed by atoms with van der Waals surface area (Å²) in [4.78, 5) is 4.47. The summed E-state index contributed by atoms with van der Waals surface area (Å²) in [7, 11) is 1.90. The third-order valence-corrected chi connectivity index (χ3v) is 2.46. The fourth-order valence-corrected chi connectivity index (χ4v) is 1.66. The Labute approximate surface area is 95.1 Å². The van der Waals surface area contributed by atoms with Crippen LogP contribution in [0, 0.1) is 0 Å². The number of aryl methyl sites for hydroxylation is 1. The van der Waals surface area contributed by atoms with Gasteiger partial charge < -0.3 is 5.32 Å². The van der Waals surface area contributed by atoms with Crippen molar-refractivity contribution in [1.29, 1.82) is 0 Å². The molecule has 2 rings (SSSR count). The number of aromatic amines is 1. The van der Waals surface area contributed by atoms with Crippen LogP contribution in [0.2, 0.25) is 0 Å². The Morgan fingerprint density at radius 2 is 2.12 bits per heavy atom.